The van der Waals surface area contributed by atoms with Crippen molar-refractivity contribution in [1.29, 1.82) is 0 Å². The normalized spacial score (nSPS) is 10.7. The second-order valence-electron chi connectivity index (χ2n) is 7.44. The predicted octanol–water partition coefficient (Wildman–Crippen LogP) is 3.94. The topological polar surface area (TPSA) is 128 Å². The van der Waals surface area contributed by atoms with Crippen LogP contribution >= 0.6 is 23.4 Å². The number of allylic oxidation sites excluding steroid dienone is 1. The molecule has 0 unspecified atom stereocenters. The molecule has 0 saturated carbocycles. The van der Waals surface area contributed by atoms with Crippen LogP contribution < -0.4 is 10.6 Å². The zero-order chi connectivity index (χ0) is 25.4. The molecule has 0 saturated heterocycles. The van der Waals surface area contributed by atoms with Crippen molar-refractivity contribution in [2.45, 2.75) is 38.2 Å². The monoisotopic (exact) mass is 517 g/mol. The Bertz CT molecular complexity index is 1210. The van der Waals surface area contributed by atoms with E-state index in [-0.39, 0.29) is 46.6 Å². The highest BCUT2D eigenvalue weighted by molar-refractivity contribution is 7.99. The van der Waals surface area contributed by atoms with E-state index in [0.29, 0.717) is 23.2 Å². The molecule has 2 amide bonds. The van der Waals surface area contributed by atoms with Crippen molar-refractivity contribution in [3.8, 4) is 0 Å². The average Bonchev–Trinajstić information content (AvgIpc) is 3.48. The summed E-state index contributed by atoms with van der Waals surface area (Å²) in [7, 11) is 0. The Morgan fingerprint density at radius 1 is 1.29 bits per heavy atom. The Balaban J connectivity index is 1.62. The first-order valence-corrected chi connectivity index (χ1v) is 11.9. The third kappa shape index (κ3) is 7.20. The highest BCUT2D eigenvalue weighted by Gasteiger charge is 2.17. The molecule has 0 fully saturated rings. The Kier molecular flexibility index (Phi) is 9.10. The largest absolute Gasteiger partial charge is 0.459 e. The molecule has 0 aliphatic rings. The van der Waals surface area contributed by atoms with Gasteiger partial charge in [-0.1, -0.05) is 29.4 Å². The van der Waals surface area contributed by atoms with Gasteiger partial charge in [-0.3, -0.25) is 9.59 Å². The number of halogens is 1. The number of thioether (sulfide) groups is 1. The smallest absolute Gasteiger partial charge is 0.338 e. The molecule has 2 heterocycles. The fraction of sp³-hybridized carbons (Fsp3) is 0.261. The molecule has 2 aromatic heterocycles. The van der Waals surface area contributed by atoms with E-state index in [1.54, 1.807) is 36.6 Å². The summed E-state index contributed by atoms with van der Waals surface area (Å²) in [6.07, 6.45) is 2.80. The number of anilines is 1. The number of nitrogens with zero attached hydrogens (tertiary/aromatic N) is 3. The number of hydrogen-bond acceptors (Lipinski definition) is 8. The maximum Gasteiger partial charge on any atom is 0.338 e. The number of benzene rings is 1. The molecule has 1 aromatic carbocycles. The van der Waals surface area contributed by atoms with E-state index in [1.807, 2.05) is 0 Å². The number of carbonyl (C=O) groups excluding carboxylic acids is 3. The van der Waals surface area contributed by atoms with Crippen molar-refractivity contribution in [3.63, 3.8) is 0 Å². The van der Waals surface area contributed by atoms with E-state index in [0.717, 1.165) is 11.8 Å². The summed E-state index contributed by atoms with van der Waals surface area (Å²) in [4.78, 5) is 36.8. The number of amides is 2. The molecule has 3 aromatic rings. The molecule has 2 N–H and O–H groups in total. The van der Waals surface area contributed by atoms with Gasteiger partial charge in [0.05, 0.1) is 40.9 Å². The maximum absolute atomic E-state index is 12.6. The zero-order valence-electron chi connectivity index (χ0n) is 19.1. The van der Waals surface area contributed by atoms with E-state index in [1.165, 1.54) is 24.5 Å². The van der Waals surface area contributed by atoms with Crippen molar-refractivity contribution >= 4 is 46.8 Å². The molecule has 35 heavy (non-hydrogen) atoms. The highest BCUT2D eigenvalue weighted by atomic mass is 35.5. The van der Waals surface area contributed by atoms with Gasteiger partial charge in [0.15, 0.2) is 16.7 Å². The van der Waals surface area contributed by atoms with Crippen LogP contribution in [-0.2, 0) is 22.6 Å². The minimum Gasteiger partial charge on any atom is -0.459 e. The van der Waals surface area contributed by atoms with Gasteiger partial charge in [-0.25, -0.2) is 4.79 Å². The lowest BCUT2D eigenvalue weighted by Crippen LogP contribution is -2.24. The van der Waals surface area contributed by atoms with Gasteiger partial charge in [0.25, 0.3) is 5.91 Å². The number of ether oxygens (including phenoxy) is 1. The minimum absolute atomic E-state index is 0.00499. The van der Waals surface area contributed by atoms with E-state index in [4.69, 9.17) is 20.8 Å². The first-order valence-electron chi connectivity index (χ1n) is 10.6. The minimum atomic E-state index is -0.509. The Labute approximate surface area is 211 Å². The van der Waals surface area contributed by atoms with Gasteiger partial charge >= 0.3 is 5.97 Å². The maximum atomic E-state index is 12.6. The molecule has 0 aliphatic heterocycles. The summed E-state index contributed by atoms with van der Waals surface area (Å²) in [5.74, 6) is -0.560. The van der Waals surface area contributed by atoms with E-state index >= 15 is 0 Å². The zero-order valence-corrected chi connectivity index (χ0v) is 20.7. The molecule has 3 rings (SSSR count). The quantitative estimate of drug-likeness (QED) is 0.222. The van der Waals surface area contributed by atoms with Crippen LogP contribution in [0.3, 0.4) is 0 Å². The van der Waals surface area contributed by atoms with Crippen LogP contribution in [0.15, 0.2) is 58.8 Å². The number of esters is 1. The lowest BCUT2D eigenvalue weighted by molar-refractivity contribution is -0.113. The average molecular weight is 518 g/mol. The summed E-state index contributed by atoms with van der Waals surface area (Å²) >= 11 is 7.34. The fourth-order valence-electron chi connectivity index (χ4n) is 2.87. The Morgan fingerprint density at radius 3 is 2.77 bits per heavy atom. The molecule has 0 radical (unpaired) electrons. The molecule has 184 valence electrons. The SMILES string of the molecule is C=CCn1c(CNC(=O)c2ccco2)nnc1SCC(=O)Nc1cc(C(=O)OC(C)C)ccc1Cl. The van der Waals surface area contributed by atoms with Crippen LogP contribution in [0.25, 0.3) is 0 Å². The summed E-state index contributed by atoms with van der Waals surface area (Å²) in [6, 6.07) is 7.69. The van der Waals surface area contributed by atoms with E-state index in [2.05, 4.69) is 27.4 Å². The second-order valence-corrected chi connectivity index (χ2v) is 8.79. The highest BCUT2D eigenvalue weighted by Crippen LogP contribution is 2.25. The fourth-order valence-corrected chi connectivity index (χ4v) is 3.80. The summed E-state index contributed by atoms with van der Waals surface area (Å²) in [5, 5.41) is 14.4. The van der Waals surface area contributed by atoms with Crippen LogP contribution in [0.2, 0.25) is 5.02 Å². The number of furan rings is 1. The van der Waals surface area contributed by atoms with Gasteiger partial charge in [0, 0.05) is 6.54 Å². The van der Waals surface area contributed by atoms with Crippen molar-refractivity contribution in [1.82, 2.24) is 20.1 Å². The number of carbonyl (C=O) groups is 3. The molecule has 0 bridgehead atoms. The molecule has 12 heteroatoms. The van der Waals surface area contributed by atoms with Crippen LogP contribution in [0.4, 0.5) is 5.69 Å². The summed E-state index contributed by atoms with van der Waals surface area (Å²) < 4.78 is 12.0. The standard InChI is InChI=1S/C23H24ClN5O5S/c1-4-9-29-19(12-25-21(31)18-6-5-10-33-18)27-28-23(29)35-13-20(30)26-17-11-15(7-8-16(17)24)22(32)34-14(2)3/h4-8,10-11,14H,1,9,12-13H2,2-3H3,(H,25,31)(H,26,30). The molecule has 10 nitrogen and oxygen atoms in total. The summed E-state index contributed by atoms with van der Waals surface area (Å²) in [5.41, 5.74) is 0.572. The summed E-state index contributed by atoms with van der Waals surface area (Å²) in [6.45, 7) is 7.73. The van der Waals surface area contributed by atoms with Gasteiger partial charge in [-0.05, 0) is 44.2 Å². The van der Waals surface area contributed by atoms with Crippen LogP contribution in [0.5, 0.6) is 0 Å². The molecule has 0 aliphatic carbocycles. The Morgan fingerprint density at radius 2 is 2.09 bits per heavy atom. The van der Waals surface area contributed by atoms with E-state index in [9.17, 15) is 14.4 Å². The van der Waals surface area contributed by atoms with Gasteiger partial charge in [-0.2, -0.15) is 0 Å². The number of hydrogen-bond donors (Lipinski definition) is 2. The van der Waals surface area contributed by atoms with Crippen LogP contribution in [0.1, 0.15) is 40.6 Å². The van der Waals surface area contributed by atoms with Crippen molar-refractivity contribution in [2.75, 3.05) is 11.1 Å². The number of rotatable bonds is 11. The molecule has 0 atom stereocenters. The van der Waals surface area contributed by atoms with E-state index < -0.39 is 5.97 Å². The predicted molar refractivity (Wildman–Crippen MR) is 131 cm³/mol. The van der Waals surface area contributed by atoms with Crippen molar-refractivity contribution in [2.24, 2.45) is 0 Å². The lowest BCUT2D eigenvalue weighted by Gasteiger charge is -2.11. The van der Waals surface area contributed by atoms with Gasteiger partial charge < -0.3 is 24.4 Å². The van der Waals surface area contributed by atoms with Crippen LogP contribution in [-0.4, -0.2) is 44.4 Å². The first-order chi connectivity index (χ1) is 16.8. The van der Waals surface area contributed by atoms with Gasteiger partial charge in [-0.15, -0.1) is 16.8 Å². The third-order valence-corrected chi connectivity index (χ3v) is 5.70. The molecule has 0 spiro atoms. The molecular formula is C23H24ClN5O5S. The first kappa shape index (κ1) is 26.0. The van der Waals surface area contributed by atoms with Crippen molar-refractivity contribution < 1.29 is 23.5 Å². The number of nitrogens with one attached hydrogen (secondary N) is 2. The Hall–Kier alpha value is -3.57. The second kappa shape index (κ2) is 12.2. The van der Waals surface area contributed by atoms with Gasteiger partial charge in [0.1, 0.15) is 0 Å². The number of aromatic nitrogens is 3. The third-order valence-electron chi connectivity index (χ3n) is 4.41. The lowest BCUT2D eigenvalue weighted by atomic mass is 10.2. The van der Waals surface area contributed by atoms with Gasteiger partial charge in [0.2, 0.25) is 5.91 Å². The molecular weight excluding hydrogens is 494 g/mol. The van der Waals surface area contributed by atoms with Crippen LogP contribution in [0, 0.1) is 0 Å². The van der Waals surface area contributed by atoms with Crippen molar-refractivity contribution in [3.05, 3.63) is 71.4 Å².